The molecule has 0 saturated heterocycles. The number of halogens is 16. The first-order valence-electron chi connectivity index (χ1n) is 6.99. The van der Waals surface area contributed by atoms with Gasteiger partial charge in [0.05, 0.1) is 0 Å². The summed E-state index contributed by atoms with van der Waals surface area (Å²) in [4.78, 5) is 0. The summed E-state index contributed by atoms with van der Waals surface area (Å²) in [6, 6.07) is 0. The van der Waals surface area contributed by atoms with Crippen LogP contribution in [-0.2, 0) is 0 Å². The Kier molecular flexibility index (Phi) is 6.29. The maximum Gasteiger partial charge on any atom is 0.460 e. The van der Waals surface area contributed by atoms with Gasteiger partial charge in [-0.05, 0) is 12.8 Å². The van der Waals surface area contributed by atoms with E-state index in [1.54, 1.807) is 0 Å². The van der Waals surface area contributed by atoms with E-state index in [1.807, 2.05) is 0 Å². The molecule has 0 aliphatic heterocycles. The molecule has 2 unspecified atom stereocenters. The predicted molar refractivity (Wildman–Crippen MR) is 70.9 cm³/mol. The van der Waals surface area contributed by atoms with Gasteiger partial charge in [0.1, 0.15) is 0 Å². The van der Waals surface area contributed by atoms with Gasteiger partial charge in [-0.25, -0.2) is 0 Å². The standard InChI is InChI=1S/C12H8F15I/c13-6(14,4-2-1-3-5(4)28)7(15,16)8(17,18)9(19,20)10(21,22)11(23,24)12(25,26)27/h4-5H,1-3H2. The predicted octanol–water partition coefficient (Wildman–Crippen LogP) is 6.96. The molecule has 2 atom stereocenters. The van der Waals surface area contributed by atoms with E-state index < -0.39 is 58.0 Å². The van der Waals surface area contributed by atoms with E-state index in [0.29, 0.717) is 0 Å². The molecule has 1 aliphatic rings. The molecule has 1 fully saturated rings. The largest absolute Gasteiger partial charge is 0.460 e. The molecule has 1 rings (SSSR count). The highest BCUT2D eigenvalue weighted by atomic mass is 127. The quantitative estimate of drug-likeness (QED) is 0.186. The first-order valence-corrected chi connectivity index (χ1v) is 8.24. The van der Waals surface area contributed by atoms with Crippen LogP contribution < -0.4 is 0 Å². The van der Waals surface area contributed by atoms with Gasteiger partial charge in [0.25, 0.3) is 0 Å². The summed E-state index contributed by atoms with van der Waals surface area (Å²) in [5, 5.41) is 0. The monoisotopic (exact) mass is 564 g/mol. The van der Waals surface area contributed by atoms with E-state index in [2.05, 4.69) is 0 Å². The Bertz CT molecular complexity index is 578. The Morgan fingerprint density at radius 3 is 1.18 bits per heavy atom. The van der Waals surface area contributed by atoms with Crippen molar-refractivity contribution in [3.05, 3.63) is 0 Å². The Hall–Kier alpha value is -0.320. The van der Waals surface area contributed by atoms with E-state index in [9.17, 15) is 65.9 Å². The maximum absolute atomic E-state index is 13.9. The van der Waals surface area contributed by atoms with Crippen molar-refractivity contribution in [2.45, 2.75) is 64.9 Å². The number of rotatable bonds is 6. The fourth-order valence-corrected chi connectivity index (χ4v) is 3.79. The molecule has 1 saturated carbocycles. The molecule has 0 aromatic carbocycles. The minimum atomic E-state index is -8.20. The van der Waals surface area contributed by atoms with Crippen molar-refractivity contribution in [2.75, 3.05) is 0 Å². The van der Waals surface area contributed by atoms with Crippen molar-refractivity contribution in [2.24, 2.45) is 5.92 Å². The van der Waals surface area contributed by atoms with Crippen LogP contribution in [0.3, 0.4) is 0 Å². The van der Waals surface area contributed by atoms with Gasteiger partial charge in [-0.3, -0.25) is 0 Å². The Morgan fingerprint density at radius 2 is 0.857 bits per heavy atom. The van der Waals surface area contributed by atoms with Crippen molar-refractivity contribution in [3.8, 4) is 0 Å². The van der Waals surface area contributed by atoms with Crippen LogP contribution in [0.15, 0.2) is 0 Å². The molecular formula is C12H8F15I. The van der Waals surface area contributed by atoms with Gasteiger partial charge in [-0.1, -0.05) is 29.0 Å². The molecule has 0 spiro atoms. The van der Waals surface area contributed by atoms with E-state index >= 15 is 0 Å². The summed E-state index contributed by atoms with van der Waals surface area (Å²) >= 11 is 1.09. The van der Waals surface area contributed by atoms with Crippen molar-refractivity contribution in [1.29, 1.82) is 0 Å². The van der Waals surface area contributed by atoms with E-state index in [-0.39, 0.29) is 12.8 Å². The average Bonchev–Trinajstić information content (AvgIpc) is 2.91. The molecule has 0 radical (unpaired) electrons. The summed E-state index contributed by atoms with van der Waals surface area (Å²) in [5.41, 5.74) is 0. The van der Waals surface area contributed by atoms with Crippen LogP contribution in [0.2, 0.25) is 0 Å². The summed E-state index contributed by atoms with van der Waals surface area (Å²) in [7, 11) is 0. The minimum Gasteiger partial charge on any atom is -0.199 e. The molecule has 28 heavy (non-hydrogen) atoms. The molecule has 0 aromatic heterocycles. The lowest BCUT2D eigenvalue weighted by Crippen LogP contribution is -2.73. The topological polar surface area (TPSA) is 0 Å². The zero-order valence-electron chi connectivity index (χ0n) is 12.8. The van der Waals surface area contributed by atoms with Crippen molar-refractivity contribution in [3.63, 3.8) is 0 Å². The number of hydrogen-bond acceptors (Lipinski definition) is 0. The van der Waals surface area contributed by atoms with Gasteiger partial charge in [0, 0.05) is 9.84 Å². The van der Waals surface area contributed by atoms with Crippen LogP contribution >= 0.6 is 22.6 Å². The fourth-order valence-electron chi connectivity index (χ4n) is 2.53. The lowest BCUT2D eigenvalue weighted by atomic mass is 9.85. The van der Waals surface area contributed by atoms with Crippen LogP contribution in [0.25, 0.3) is 0 Å². The van der Waals surface area contributed by atoms with Crippen LogP contribution in [0.5, 0.6) is 0 Å². The summed E-state index contributed by atoms with van der Waals surface area (Å²) < 4.78 is 194. The van der Waals surface area contributed by atoms with Crippen LogP contribution in [0.1, 0.15) is 19.3 Å². The summed E-state index contributed by atoms with van der Waals surface area (Å²) in [5.74, 6) is -48.5. The van der Waals surface area contributed by atoms with E-state index in [0.717, 1.165) is 22.6 Å². The molecule has 0 bridgehead atoms. The molecule has 168 valence electrons. The smallest absolute Gasteiger partial charge is 0.199 e. The maximum atomic E-state index is 13.9. The summed E-state index contributed by atoms with van der Waals surface area (Å²) in [6.07, 6.45) is -9.02. The highest BCUT2D eigenvalue weighted by Crippen LogP contribution is 2.64. The molecule has 0 heterocycles. The molecule has 0 amide bonds. The second-order valence-electron chi connectivity index (χ2n) is 6.05. The molecular weight excluding hydrogens is 556 g/mol. The Morgan fingerprint density at radius 1 is 0.500 bits per heavy atom. The molecule has 16 heteroatoms. The lowest BCUT2D eigenvalue weighted by Gasteiger charge is -2.43. The van der Waals surface area contributed by atoms with Crippen LogP contribution in [0, 0.1) is 5.92 Å². The van der Waals surface area contributed by atoms with Crippen LogP contribution in [0.4, 0.5) is 65.9 Å². The first-order chi connectivity index (χ1) is 12.0. The van der Waals surface area contributed by atoms with Crippen molar-refractivity contribution < 1.29 is 65.9 Å². The minimum absolute atomic E-state index is 0.256. The molecule has 0 aromatic rings. The Balaban J connectivity index is 3.53. The zero-order chi connectivity index (χ0) is 22.8. The normalized spacial score (nSPS) is 24.0. The highest BCUT2D eigenvalue weighted by Gasteiger charge is 2.93. The summed E-state index contributed by atoms with van der Waals surface area (Å²) in [6.45, 7) is 0. The fraction of sp³-hybridized carbons (Fsp3) is 1.00. The zero-order valence-corrected chi connectivity index (χ0v) is 15.0. The van der Waals surface area contributed by atoms with E-state index in [4.69, 9.17) is 0 Å². The van der Waals surface area contributed by atoms with Crippen molar-refractivity contribution in [1.82, 2.24) is 0 Å². The van der Waals surface area contributed by atoms with Gasteiger partial charge < -0.3 is 0 Å². The molecule has 0 N–H and O–H groups in total. The van der Waals surface area contributed by atoms with Gasteiger partial charge in [-0.15, -0.1) is 0 Å². The average molecular weight is 564 g/mol. The number of hydrogen-bond donors (Lipinski definition) is 0. The third kappa shape index (κ3) is 3.22. The lowest BCUT2D eigenvalue weighted by molar-refractivity contribution is -0.454. The first kappa shape index (κ1) is 25.7. The van der Waals surface area contributed by atoms with Gasteiger partial charge in [-0.2, -0.15) is 65.9 Å². The highest BCUT2D eigenvalue weighted by molar-refractivity contribution is 14.1. The van der Waals surface area contributed by atoms with Gasteiger partial charge in [0.15, 0.2) is 0 Å². The van der Waals surface area contributed by atoms with Gasteiger partial charge in [0.2, 0.25) is 0 Å². The van der Waals surface area contributed by atoms with Crippen LogP contribution in [-0.4, -0.2) is 45.6 Å². The van der Waals surface area contributed by atoms with Crippen molar-refractivity contribution >= 4 is 22.6 Å². The third-order valence-corrected chi connectivity index (χ3v) is 5.74. The SMILES string of the molecule is FC(F)(F)C(F)(F)C(F)(F)C(F)(F)C(F)(F)C(F)(F)C(F)(F)C1CCCC1I. The second kappa shape index (κ2) is 6.85. The second-order valence-corrected chi connectivity index (χ2v) is 7.65. The molecule has 0 nitrogen and oxygen atoms in total. The number of alkyl halides is 16. The van der Waals surface area contributed by atoms with Gasteiger partial charge >= 0.3 is 41.7 Å². The third-order valence-electron chi connectivity index (χ3n) is 4.25. The Labute approximate surface area is 159 Å². The molecule has 1 aliphatic carbocycles. The van der Waals surface area contributed by atoms with E-state index in [1.165, 1.54) is 0 Å².